The number of para-hydroxylation sites is 1. The van der Waals surface area contributed by atoms with Crippen LogP contribution in [0.1, 0.15) is 19.5 Å². The van der Waals surface area contributed by atoms with Crippen molar-refractivity contribution in [2.45, 2.75) is 24.9 Å². The lowest BCUT2D eigenvalue weighted by molar-refractivity contribution is 0.122. The van der Waals surface area contributed by atoms with Gasteiger partial charge in [0.1, 0.15) is 5.82 Å². The van der Waals surface area contributed by atoms with Gasteiger partial charge in [-0.15, -0.1) is 0 Å². The summed E-state index contributed by atoms with van der Waals surface area (Å²) in [6.07, 6.45) is -1.10. The molecule has 1 saturated heterocycles. The van der Waals surface area contributed by atoms with Gasteiger partial charge in [0.2, 0.25) is 0 Å². The predicted molar refractivity (Wildman–Crippen MR) is 135 cm³/mol. The zero-order chi connectivity index (χ0) is 25.0. The van der Waals surface area contributed by atoms with Crippen molar-refractivity contribution in [3.8, 4) is 11.4 Å². The molecule has 0 spiro atoms. The number of hydrogen-bond donors (Lipinski definition) is 1. The van der Waals surface area contributed by atoms with Crippen molar-refractivity contribution < 1.29 is 23.1 Å². The molecule has 1 aliphatic rings. The number of ether oxygens (including phenoxy) is 1. The van der Waals surface area contributed by atoms with Crippen molar-refractivity contribution in [2.24, 2.45) is 0 Å². The zero-order valence-electron chi connectivity index (χ0n) is 19.7. The van der Waals surface area contributed by atoms with Crippen molar-refractivity contribution in [1.29, 1.82) is 0 Å². The van der Waals surface area contributed by atoms with E-state index in [1.54, 1.807) is 68.4 Å². The molecule has 0 bridgehead atoms. The Balaban J connectivity index is 1.71. The molecule has 9 nitrogen and oxygen atoms in total. The number of nitrogens with zero attached hydrogens (tertiary/aromatic N) is 4. The summed E-state index contributed by atoms with van der Waals surface area (Å²) in [6, 6.07) is 17.4. The second kappa shape index (κ2) is 10.4. The molecule has 0 aliphatic carbocycles. The highest BCUT2D eigenvalue weighted by molar-refractivity contribution is 7.91. The van der Waals surface area contributed by atoms with Crippen molar-refractivity contribution in [1.82, 2.24) is 9.97 Å². The molecular formula is C25H28N4O5S. The van der Waals surface area contributed by atoms with Gasteiger partial charge in [0.25, 0.3) is 0 Å². The van der Waals surface area contributed by atoms with Crippen LogP contribution >= 0.6 is 0 Å². The first-order chi connectivity index (χ1) is 16.7. The van der Waals surface area contributed by atoms with Crippen LogP contribution in [-0.4, -0.2) is 61.1 Å². The Morgan fingerprint density at radius 2 is 1.66 bits per heavy atom. The number of sulfone groups is 1. The number of hydrogen-bond acceptors (Lipinski definition) is 7. The number of carbonyl (C=O) groups is 1. The van der Waals surface area contributed by atoms with Crippen molar-refractivity contribution in [3.05, 3.63) is 66.4 Å². The second-order valence-corrected chi connectivity index (χ2v) is 11.1. The summed E-state index contributed by atoms with van der Waals surface area (Å²) in [6.45, 7) is 5.74. The number of aromatic nitrogens is 2. The van der Waals surface area contributed by atoms with Gasteiger partial charge in [0, 0.05) is 24.7 Å². The Bertz CT molecular complexity index is 1270. The third-order valence-corrected chi connectivity index (χ3v) is 7.89. The lowest BCUT2D eigenvalue weighted by Gasteiger charge is -2.28. The predicted octanol–water partition coefficient (Wildman–Crippen LogP) is 4.12. The van der Waals surface area contributed by atoms with E-state index in [9.17, 15) is 18.3 Å². The smallest absolute Gasteiger partial charge is 0.416 e. The third-order valence-electron chi connectivity index (χ3n) is 5.76. The minimum Gasteiger partial charge on any atom is -0.464 e. The summed E-state index contributed by atoms with van der Waals surface area (Å²) in [5, 5.41) is 9.24. The summed E-state index contributed by atoms with van der Waals surface area (Å²) in [4.78, 5) is 24.4. The van der Waals surface area contributed by atoms with E-state index in [2.05, 4.69) is 9.88 Å². The van der Waals surface area contributed by atoms with Crippen LogP contribution in [0.4, 0.5) is 22.0 Å². The minimum atomic E-state index is -3.36. The molecule has 1 aliphatic heterocycles. The van der Waals surface area contributed by atoms with Crippen LogP contribution in [0.15, 0.2) is 60.7 Å². The van der Waals surface area contributed by atoms with Gasteiger partial charge in [-0.25, -0.2) is 28.1 Å². The fourth-order valence-corrected chi connectivity index (χ4v) is 4.61. The van der Waals surface area contributed by atoms with Crippen LogP contribution < -0.4 is 9.80 Å². The Labute approximate surface area is 204 Å². The van der Waals surface area contributed by atoms with E-state index in [-0.39, 0.29) is 5.75 Å². The molecule has 0 atom stereocenters. The van der Waals surface area contributed by atoms with Crippen LogP contribution in [0.25, 0.3) is 11.4 Å². The highest BCUT2D eigenvalue weighted by Gasteiger charge is 2.22. The summed E-state index contributed by atoms with van der Waals surface area (Å²) in [7, 11) is -3.36. The van der Waals surface area contributed by atoms with Crippen LogP contribution in [0.5, 0.6) is 0 Å². The normalized spacial score (nSPS) is 14.2. The molecule has 0 unspecified atom stereocenters. The zero-order valence-corrected chi connectivity index (χ0v) is 20.5. The lowest BCUT2D eigenvalue weighted by Crippen LogP contribution is -2.37. The number of carboxylic acid groups (broad SMARTS) is 1. The molecule has 184 valence electrons. The molecule has 0 saturated carbocycles. The summed E-state index contributed by atoms with van der Waals surface area (Å²) in [5.74, 6) is 0.847. The first-order valence-electron chi connectivity index (χ1n) is 11.4. The molecule has 2 heterocycles. The highest BCUT2D eigenvalue weighted by atomic mass is 32.2. The summed E-state index contributed by atoms with van der Waals surface area (Å²) < 4.78 is 30.6. The van der Waals surface area contributed by atoms with Gasteiger partial charge in [-0.3, -0.25) is 0 Å². The largest absolute Gasteiger partial charge is 0.464 e. The van der Waals surface area contributed by atoms with Gasteiger partial charge >= 0.3 is 6.09 Å². The second-order valence-electron chi connectivity index (χ2n) is 8.50. The standard InChI is InChI=1S/C25H28N4O5S/c1-18(2)35(32,33)17-20-16-23(28-12-14-34-15-13-28)27-24(26-20)19-8-10-22(11-9-19)29(25(30)31)21-6-4-3-5-7-21/h3-11,16,18H,12-15,17H2,1-2H3,(H,30,31). The molecule has 1 aromatic heterocycles. The topological polar surface area (TPSA) is 113 Å². The van der Waals surface area contributed by atoms with Gasteiger partial charge in [-0.05, 0) is 50.2 Å². The van der Waals surface area contributed by atoms with E-state index in [0.29, 0.717) is 60.6 Å². The van der Waals surface area contributed by atoms with Crippen molar-refractivity contribution in [2.75, 3.05) is 36.1 Å². The summed E-state index contributed by atoms with van der Waals surface area (Å²) >= 11 is 0. The summed E-state index contributed by atoms with van der Waals surface area (Å²) in [5.41, 5.74) is 2.08. The van der Waals surface area contributed by atoms with Gasteiger partial charge in [0.05, 0.1) is 41.3 Å². The Morgan fingerprint density at radius 1 is 1.03 bits per heavy atom. The van der Waals surface area contributed by atoms with E-state index in [0.717, 1.165) is 0 Å². The first kappa shape index (κ1) is 24.6. The van der Waals surface area contributed by atoms with Crippen LogP contribution in [0, 0.1) is 0 Å². The quantitative estimate of drug-likeness (QED) is 0.520. The molecule has 1 N–H and O–H groups in total. The molecule has 4 rings (SSSR count). The number of rotatable bonds is 7. The van der Waals surface area contributed by atoms with E-state index in [1.807, 2.05) is 6.07 Å². The fraction of sp³-hybridized carbons (Fsp3) is 0.320. The number of benzene rings is 2. The molecule has 2 aromatic carbocycles. The molecule has 10 heteroatoms. The van der Waals surface area contributed by atoms with E-state index in [1.165, 1.54) is 4.90 Å². The average molecular weight is 497 g/mol. The van der Waals surface area contributed by atoms with E-state index in [4.69, 9.17) is 9.72 Å². The van der Waals surface area contributed by atoms with Gasteiger partial charge < -0.3 is 14.7 Å². The fourth-order valence-electron chi connectivity index (χ4n) is 3.72. The van der Waals surface area contributed by atoms with Gasteiger partial charge in [-0.1, -0.05) is 18.2 Å². The minimum absolute atomic E-state index is 0.184. The SMILES string of the molecule is CC(C)S(=O)(=O)Cc1cc(N2CCOCC2)nc(-c2ccc(N(C(=O)O)c3ccccc3)cc2)n1. The van der Waals surface area contributed by atoms with E-state index >= 15 is 0 Å². The Hall–Kier alpha value is -3.50. The van der Waals surface area contributed by atoms with Crippen LogP contribution in [0.3, 0.4) is 0 Å². The van der Waals surface area contributed by atoms with Crippen molar-refractivity contribution >= 4 is 33.1 Å². The third kappa shape index (κ3) is 5.77. The Morgan fingerprint density at radius 3 is 2.26 bits per heavy atom. The molecule has 35 heavy (non-hydrogen) atoms. The van der Waals surface area contributed by atoms with Crippen LogP contribution in [0.2, 0.25) is 0 Å². The van der Waals surface area contributed by atoms with Gasteiger partial charge in [0.15, 0.2) is 15.7 Å². The van der Waals surface area contributed by atoms with Crippen LogP contribution in [-0.2, 0) is 20.3 Å². The average Bonchev–Trinajstić information content (AvgIpc) is 2.85. The number of amides is 1. The lowest BCUT2D eigenvalue weighted by atomic mass is 10.1. The highest BCUT2D eigenvalue weighted by Crippen LogP contribution is 2.29. The molecule has 3 aromatic rings. The number of morpholine rings is 1. The van der Waals surface area contributed by atoms with Gasteiger partial charge in [-0.2, -0.15) is 0 Å². The maximum absolute atomic E-state index is 12.6. The number of anilines is 3. The first-order valence-corrected chi connectivity index (χ1v) is 13.1. The molecule has 1 fully saturated rings. The Kier molecular flexibility index (Phi) is 7.32. The monoisotopic (exact) mass is 496 g/mol. The molecular weight excluding hydrogens is 468 g/mol. The maximum Gasteiger partial charge on any atom is 0.416 e. The maximum atomic E-state index is 12.6. The van der Waals surface area contributed by atoms with E-state index < -0.39 is 21.2 Å². The molecule has 0 radical (unpaired) electrons. The molecule has 1 amide bonds. The van der Waals surface area contributed by atoms with Crippen molar-refractivity contribution in [3.63, 3.8) is 0 Å².